The second-order valence-corrected chi connectivity index (χ2v) is 4.87. The first-order valence-corrected chi connectivity index (χ1v) is 7.26. The summed E-state index contributed by atoms with van der Waals surface area (Å²) in [6, 6.07) is 11.7. The highest BCUT2D eigenvalue weighted by molar-refractivity contribution is 6.22. The van der Waals surface area contributed by atoms with Crippen LogP contribution in [0.15, 0.2) is 60.4 Å². The van der Waals surface area contributed by atoms with Crippen molar-refractivity contribution in [2.45, 2.75) is 0 Å². The molecule has 0 saturated heterocycles. The number of benzene rings is 1. The Morgan fingerprint density at radius 2 is 1.64 bits per heavy atom. The molecule has 1 aromatic heterocycles. The first-order valence-electron chi connectivity index (χ1n) is 7.26. The summed E-state index contributed by atoms with van der Waals surface area (Å²) in [5.74, 6) is 2.68. The van der Waals surface area contributed by atoms with E-state index in [0.717, 1.165) is 0 Å². The van der Waals surface area contributed by atoms with Crippen molar-refractivity contribution in [3.8, 4) is 17.6 Å². The van der Waals surface area contributed by atoms with Gasteiger partial charge in [0.1, 0.15) is 17.6 Å². The molecule has 0 radical (unpaired) electrons. The van der Waals surface area contributed by atoms with Crippen molar-refractivity contribution < 1.29 is 18.8 Å². The Morgan fingerprint density at radius 1 is 1.08 bits per heavy atom. The zero-order chi connectivity index (χ0) is 18.2. The van der Waals surface area contributed by atoms with Crippen molar-refractivity contribution in [2.75, 3.05) is 14.2 Å². The van der Waals surface area contributed by atoms with Gasteiger partial charge in [0.2, 0.25) is 0 Å². The monoisotopic (exact) mass is 333 g/mol. The predicted octanol–water partition coefficient (Wildman–Crippen LogP) is 2.40. The lowest BCUT2D eigenvalue weighted by molar-refractivity contribution is -0.576. The topological polar surface area (TPSA) is 85.5 Å². The van der Waals surface area contributed by atoms with Gasteiger partial charge in [0.05, 0.1) is 19.8 Å². The van der Waals surface area contributed by atoms with Crippen LogP contribution in [0.1, 0.15) is 10.4 Å². The van der Waals surface area contributed by atoms with Gasteiger partial charge in [0.25, 0.3) is 11.5 Å². The fraction of sp³-hybridized carbons (Fsp3) is 0.105. The Morgan fingerprint density at radius 3 is 2.12 bits per heavy atom. The van der Waals surface area contributed by atoms with Crippen molar-refractivity contribution in [2.24, 2.45) is 0 Å². The van der Waals surface area contributed by atoms with Crippen LogP contribution in [0, 0.1) is 11.3 Å². The van der Waals surface area contributed by atoms with E-state index in [1.807, 2.05) is 0 Å². The third-order valence-corrected chi connectivity index (χ3v) is 3.42. The molecule has 25 heavy (non-hydrogen) atoms. The number of carbonyl (C=O) groups excluding carboxylic acids is 1. The number of hydrogen-bond donors (Lipinski definition) is 0. The van der Waals surface area contributed by atoms with Gasteiger partial charge in [-0.25, -0.2) is 0 Å². The number of rotatable bonds is 6. The summed E-state index contributed by atoms with van der Waals surface area (Å²) in [6.07, 6.45) is 4.51. The zero-order valence-electron chi connectivity index (χ0n) is 13.8. The maximum absolute atomic E-state index is 12.9. The van der Waals surface area contributed by atoms with E-state index in [0.29, 0.717) is 17.1 Å². The van der Waals surface area contributed by atoms with Gasteiger partial charge in [0.15, 0.2) is 12.4 Å². The van der Waals surface area contributed by atoms with Gasteiger partial charge in [-0.15, -0.1) is 0 Å². The van der Waals surface area contributed by atoms with Crippen LogP contribution in [-0.4, -0.2) is 25.9 Å². The molecule has 0 atom stereocenters. The van der Waals surface area contributed by atoms with E-state index >= 15 is 0 Å². The number of Topliss-reactive ketones (excluding diaryl/α,β-unsaturated/α-hetero) is 1. The number of ketones is 1. The molecule has 0 bridgehead atoms. The Kier molecular flexibility index (Phi) is 5.83. The molecule has 0 unspecified atom stereocenters. The van der Waals surface area contributed by atoms with E-state index < -0.39 is 0 Å². The van der Waals surface area contributed by atoms with Crippen molar-refractivity contribution >= 4 is 17.4 Å². The summed E-state index contributed by atoms with van der Waals surface area (Å²) in [6.45, 7) is 0. The fourth-order valence-electron chi connectivity index (χ4n) is 2.08. The van der Waals surface area contributed by atoms with Gasteiger partial charge in [-0.05, 0) is 24.3 Å². The summed E-state index contributed by atoms with van der Waals surface area (Å²) in [5.41, 5.74) is 0.414. The van der Waals surface area contributed by atoms with E-state index in [2.05, 4.69) is 0 Å². The minimum absolute atomic E-state index is 0.167. The molecule has 0 N–H and O–H groups in total. The highest BCUT2D eigenvalue weighted by atomic mass is 16.5. The molecule has 6 heteroatoms. The Hall–Kier alpha value is -3.68. The van der Waals surface area contributed by atoms with E-state index in [1.54, 1.807) is 60.7 Å². The van der Waals surface area contributed by atoms with Crippen LogP contribution < -0.4 is 14.0 Å². The number of methoxy groups -OCH3 is 2. The lowest BCUT2D eigenvalue weighted by Gasteiger charge is -2.04. The van der Waals surface area contributed by atoms with Crippen LogP contribution >= 0.6 is 0 Å². The molecule has 2 aromatic rings. The average Bonchev–Trinajstić information content (AvgIpc) is 2.69. The second kappa shape index (κ2) is 8.25. The van der Waals surface area contributed by atoms with Crippen molar-refractivity contribution in [3.63, 3.8) is 0 Å². The number of ether oxygens (including phenoxy) is 2. The number of hydrogen-bond acceptors (Lipinski definition) is 4. The molecule has 1 aromatic carbocycles. The lowest BCUT2D eigenvalue weighted by Crippen LogP contribution is -2.35. The molecule has 0 spiro atoms. The number of allylic oxidation sites excluding steroid dienone is 3. The quantitative estimate of drug-likeness (QED) is 0.203. The largest absolute Gasteiger partial charge is 0.762 e. The van der Waals surface area contributed by atoms with Gasteiger partial charge in [0, 0.05) is 23.8 Å². The Labute approximate surface area is 145 Å². The number of nitrogens with zero attached hydrogens (tertiary/aromatic N) is 3. The van der Waals surface area contributed by atoms with E-state index in [1.165, 1.54) is 24.9 Å². The highest BCUT2D eigenvalue weighted by Gasteiger charge is 2.22. The smallest absolute Gasteiger partial charge is 0.260 e. The van der Waals surface area contributed by atoms with Gasteiger partial charge in [-0.1, -0.05) is 0 Å². The lowest BCUT2D eigenvalue weighted by atomic mass is 10.1. The summed E-state index contributed by atoms with van der Waals surface area (Å²) in [5, 5.41) is 18.0. The fourth-order valence-corrected chi connectivity index (χ4v) is 2.08. The van der Waals surface area contributed by atoms with Crippen molar-refractivity contribution in [1.29, 1.82) is 5.26 Å². The molecule has 0 fully saturated rings. The van der Waals surface area contributed by atoms with Crippen LogP contribution in [0.2, 0.25) is 0 Å². The molecule has 0 aliphatic heterocycles. The maximum atomic E-state index is 12.9. The number of carbonyl (C=O) groups is 1. The maximum Gasteiger partial charge on any atom is 0.260 e. The number of nitriles is 1. The SMILES string of the molecule is COc1ccc(C(=O)/C(=C/C(=C=[N-])C#N)[n+]2ccc(OC)cc2)cc1. The van der Waals surface area contributed by atoms with Crippen LogP contribution in [0.25, 0.3) is 11.1 Å². The standard InChI is InChI=1S/C19H15N3O3/c1-24-16-5-3-15(4-6-16)19(23)18(11-14(12-20)13-21)22-9-7-17(25-2)8-10-22/h3-11H,1-2H3/b18-11-. The van der Waals surface area contributed by atoms with E-state index in [4.69, 9.17) is 20.1 Å². The average molecular weight is 333 g/mol. The van der Waals surface area contributed by atoms with Gasteiger partial charge in [-0.3, -0.25) is 10.7 Å². The molecule has 2 rings (SSSR count). The first-order chi connectivity index (χ1) is 12.1. The predicted molar refractivity (Wildman–Crippen MR) is 92.3 cm³/mol. The van der Waals surface area contributed by atoms with Gasteiger partial charge in [-0.2, -0.15) is 9.83 Å². The minimum atomic E-state index is -0.333. The normalized spacial score (nSPS) is 10.4. The van der Waals surface area contributed by atoms with Crippen LogP contribution in [0.3, 0.4) is 0 Å². The molecule has 6 nitrogen and oxygen atoms in total. The summed E-state index contributed by atoms with van der Waals surface area (Å²) in [7, 11) is 3.08. The molecule has 0 saturated carbocycles. The summed E-state index contributed by atoms with van der Waals surface area (Å²) >= 11 is 0. The third kappa shape index (κ3) is 4.20. The van der Waals surface area contributed by atoms with Gasteiger partial charge >= 0.3 is 0 Å². The van der Waals surface area contributed by atoms with Crippen molar-refractivity contribution in [3.05, 3.63) is 71.4 Å². The van der Waals surface area contributed by atoms with Crippen molar-refractivity contribution in [1.82, 2.24) is 0 Å². The summed E-state index contributed by atoms with van der Waals surface area (Å²) < 4.78 is 11.7. The van der Waals surface area contributed by atoms with Gasteiger partial charge < -0.3 is 14.9 Å². The molecule has 124 valence electrons. The summed E-state index contributed by atoms with van der Waals surface area (Å²) in [4.78, 5) is 12.9. The molecule has 0 aliphatic carbocycles. The molecule has 0 amide bonds. The van der Waals surface area contributed by atoms with E-state index in [9.17, 15) is 4.79 Å². The second-order valence-electron chi connectivity index (χ2n) is 4.87. The Bertz CT molecular complexity index is 885. The zero-order valence-corrected chi connectivity index (χ0v) is 13.8. The first kappa shape index (κ1) is 17.7. The molecule has 1 heterocycles. The third-order valence-electron chi connectivity index (χ3n) is 3.42. The Balaban J connectivity index is 2.51. The number of pyridine rings is 1. The number of aromatic nitrogens is 1. The minimum Gasteiger partial charge on any atom is -0.762 e. The van der Waals surface area contributed by atoms with Crippen LogP contribution in [0.5, 0.6) is 11.5 Å². The van der Waals surface area contributed by atoms with Crippen LogP contribution in [-0.2, 0) is 0 Å². The van der Waals surface area contributed by atoms with Crippen LogP contribution in [0.4, 0.5) is 0 Å². The molecule has 0 aliphatic rings. The van der Waals surface area contributed by atoms with E-state index in [-0.39, 0.29) is 17.1 Å². The molecular formula is C19H15N3O3. The molecular weight excluding hydrogens is 318 g/mol. The highest BCUT2D eigenvalue weighted by Crippen LogP contribution is 2.16.